The average Bonchev–Trinajstić information content (AvgIpc) is 3.49. The van der Waals surface area contributed by atoms with Crippen LogP contribution in [0.15, 0.2) is 42.9 Å². The van der Waals surface area contributed by atoms with E-state index in [1.165, 1.54) is 0 Å². The van der Waals surface area contributed by atoms with Gasteiger partial charge < -0.3 is 18.8 Å². The first-order valence-corrected chi connectivity index (χ1v) is 12.7. The third-order valence-corrected chi connectivity index (χ3v) is 6.40. The summed E-state index contributed by atoms with van der Waals surface area (Å²) < 4.78 is 45.4. The molecule has 1 amide bonds. The van der Waals surface area contributed by atoms with Gasteiger partial charge in [0.1, 0.15) is 35.3 Å². The van der Waals surface area contributed by atoms with Gasteiger partial charge >= 0.3 is 11.8 Å². The highest BCUT2D eigenvalue weighted by Crippen LogP contribution is 2.33. The van der Waals surface area contributed by atoms with Gasteiger partial charge in [-0.15, -0.1) is 0 Å². The summed E-state index contributed by atoms with van der Waals surface area (Å²) >= 11 is 0. The Morgan fingerprint density at radius 1 is 1.25 bits per heavy atom. The third kappa shape index (κ3) is 5.50. The van der Waals surface area contributed by atoms with Crippen LogP contribution in [0.5, 0.6) is 0 Å². The number of rotatable bonds is 5. The fourth-order valence-corrected chi connectivity index (χ4v) is 4.61. The number of benzene rings is 1. The molecule has 0 N–H and O–H groups in total. The number of aromatic nitrogens is 4. The molecule has 1 fully saturated rings. The van der Waals surface area contributed by atoms with Gasteiger partial charge in [0, 0.05) is 31.3 Å². The van der Waals surface area contributed by atoms with Crippen molar-refractivity contribution in [1.82, 2.24) is 24.1 Å². The van der Waals surface area contributed by atoms with E-state index in [0.717, 1.165) is 34.8 Å². The molecule has 4 heterocycles. The van der Waals surface area contributed by atoms with Crippen molar-refractivity contribution in [3.8, 4) is 16.9 Å². The fraction of sp³-hybridized carbons (Fsp3) is 0.370. The number of morpholine rings is 1. The first-order valence-electron chi connectivity index (χ1n) is 12.7. The van der Waals surface area contributed by atoms with Gasteiger partial charge in [0.2, 0.25) is 0 Å². The van der Waals surface area contributed by atoms with E-state index >= 15 is 8.78 Å². The molecule has 0 spiro atoms. The highest BCUT2D eigenvalue weighted by Gasteiger charge is 2.31. The molecule has 1 aromatic carbocycles. The molecule has 4 aromatic rings. The molecule has 40 heavy (non-hydrogen) atoms. The predicted octanol–water partition coefficient (Wildman–Crippen LogP) is 4.86. The maximum absolute atomic E-state index is 15.6. The van der Waals surface area contributed by atoms with E-state index in [9.17, 15) is 14.9 Å². The smallest absolute Gasteiger partial charge is 0.410 e. The summed E-state index contributed by atoms with van der Waals surface area (Å²) in [5, 5.41) is 14.8. The van der Waals surface area contributed by atoms with Crippen LogP contribution >= 0.6 is 0 Å². The Morgan fingerprint density at radius 3 is 2.62 bits per heavy atom. The molecule has 210 valence electrons. The van der Waals surface area contributed by atoms with Gasteiger partial charge in [0.15, 0.2) is 0 Å². The minimum Gasteiger partial charge on any atom is -0.444 e. The zero-order valence-corrected chi connectivity index (χ0v) is 22.4. The van der Waals surface area contributed by atoms with Crippen LogP contribution in [-0.4, -0.2) is 66.5 Å². The quantitative estimate of drug-likeness (QED) is 0.255. The van der Waals surface area contributed by atoms with Crippen molar-refractivity contribution in [2.75, 3.05) is 19.7 Å². The summed E-state index contributed by atoms with van der Waals surface area (Å²) in [6, 6.07) is 5.76. The molecular formula is C27H28F2N6O5. The molecular weight excluding hydrogens is 526 g/mol. The summed E-state index contributed by atoms with van der Waals surface area (Å²) in [5.74, 6) is -1.82. The molecule has 1 aliphatic rings. The van der Waals surface area contributed by atoms with E-state index < -0.39 is 34.4 Å². The lowest BCUT2D eigenvalue weighted by Crippen LogP contribution is -2.48. The van der Waals surface area contributed by atoms with E-state index in [1.807, 2.05) is 13.0 Å². The van der Waals surface area contributed by atoms with Crippen molar-refractivity contribution in [3.63, 3.8) is 0 Å². The Labute approximate surface area is 228 Å². The SMILES string of the molecule is Cc1ccn2c(CC3CN(C(=O)OC(C)(C)C)CCO3)c(-c3c(F)cc(-n4cc([N+](=O)[O-])cn4)cc3F)nc2c1. The predicted molar refractivity (Wildman–Crippen MR) is 140 cm³/mol. The van der Waals surface area contributed by atoms with Crippen LogP contribution in [-0.2, 0) is 15.9 Å². The Morgan fingerprint density at radius 2 is 1.98 bits per heavy atom. The van der Waals surface area contributed by atoms with E-state index in [1.54, 1.807) is 42.3 Å². The number of carbonyl (C=O) groups excluding carboxylic acids is 1. The highest BCUT2D eigenvalue weighted by atomic mass is 19.1. The van der Waals surface area contributed by atoms with Crippen molar-refractivity contribution in [2.45, 2.75) is 45.8 Å². The first kappa shape index (κ1) is 27.2. The molecule has 1 saturated heterocycles. The summed E-state index contributed by atoms with van der Waals surface area (Å²) in [6.45, 7) is 8.13. The van der Waals surface area contributed by atoms with Crippen LogP contribution in [0, 0.1) is 28.7 Å². The number of pyridine rings is 1. The molecule has 1 aliphatic heterocycles. The number of aryl methyl sites for hydroxylation is 1. The molecule has 1 atom stereocenters. The molecule has 0 bridgehead atoms. The molecule has 1 unspecified atom stereocenters. The number of halogens is 2. The number of hydrogen-bond acceptors (Lipinski definition) is 7. The van der Waals surface area contributed by atoms with Crippen molar-refractivity contribution in [2.24, 2.45) is 0 Å². The summed E-state index contributed by atoms with van der Waals surface area (Å²) in [5.41, 5.74) is 0.685. The van der Waals surface area contributed by atoms with E-state index in [-0.39, 0.29) is 42.2 Å². The van der Waals surface area contributed by atoms with Crippen molar-refractivity contribution in [1.29, 1.82) is 0 Å². The minimum absolute atomic E-state index is 0.0170. The maximum atomic E-state index is 15.6. The number of nitro groups is 1. The Kier molecular flexibility index (Phi) is 7.00. The monoisotopic (exact) mass is 554 g/mol. The van der Waals surface area contributed by atoms with Crippen molar-refractivity contribution in [3.05, 3.63) is 75.9 Å². The van der Waals surface area contributed by atoms with Gasteiger partial charge in [0.25, 0.3) is 0 Å². The third-order valence-electron chi connectivity index (χ3n) is 6.40. The van der Waals surface area contributed by atoms with Crippen molar-refractivity contribution >= 4 is 17.4 Å². The molecule has 0 saturated carbocycles. The zero-order chi connectivity index (χ0) is 28.8. The topological polar surface area (TPSA) is 117 Å². The Bertz CT molecular complexity index is 1590. The standard InChI is InChI=1S/C27H28F2N6O5/c1-16-5-6-33-22(12-19-15-32(7-8-39-19)26(36)40-27(2,3)4)25(31-23(33)9-16)24-20(28)10-17(11-21(24)29)34-14-18(13-30-34)35(37)38/h5-6,9-11,13-14,19H,7-8,12,15H2,1-4H3. The number of nitrogens with zero attached hydrogens (tertiary/aromatic N) is 6. The first-order chi connectivity index (χ1) is 18.9. The molecule has 0 radical (unpaired) electrons. The number of imidazole rings is 1. The van der Waals surface area contributed by atoms with Gasteiger partial charge in [-0.3, -0.25) is 10.1 Å². The second-order valence-electron chi connectivity index (χ2n) is 10.6. The molecule has 13 heteroatoms. The van der Waals surface area contributed by atoms with Gasteiger partial charge in [-0.1, -0.05) is 0 Å². The number of fused-ring (bicyclic) bond motifs is 1. The molecule has 3 aromatic heterocycles. The number of amides is 1. The van der Waals surface area contributed by atoms with E-state index in [2.05, 4.69) is 10.1 Å². The minimum atomic E-state index is -0.908. The average molecular weight is 555 g/mol. The number of ether oxygens (including phenoxy) is 2. The normalized spacial score (nSPS) is 15.9. The Balaban J connectivity index is 1.51. The lowest BCUT2D eigenvalue weighted by atomic mass is 10.0. The second kappa shape index (κ2) is 10.3. The molecule has 11 nitrogen and oxygen atoms in total. The van der Waals surface area contributed by atoms with Crippen LogP contribution < -0.4 is 0 Å². The molecule has 0 aliphatic carbocycles. The van der Waals surface area contributed by atoms with E-state index in [0.29, 0.717) is 17.9 Å². The summed E-state index contributed by atoms with van der Waals surface area (Å²) in [7, 11) is 0. The zero-order valence-electron chi connectivity index (χ0n) is 22.4. The lowest BCUT2D eigenvalue weighted by Gasteiger charge is -2.34. The summed E-state index contributed by atoms with van der Waals surface area (Å²) in [4.78, 5) is 29.2. The van der Waals surface area contributed by atoms with E-state index in [4.69, 9.17) is 9.47 Å². The van der Waals surface area contributed by atoms with Gasteiger partial charge in [-0.2, -0.15) is 5.10 Å². The van der Waals surface area contributed by atoms with Crippen LogP contribution in [0.3, 0.4) is 0 Å². The fourth-order valence-electron chi connectivity index (χ4n) is 4.61. The van der Waals surface area contributed by atoms with Gasteiger partial charge in [-0.25, -0.2) is 23.2 Å². The second-order valence-corrected chi connectivity index (χ2v) is 10.6. The summed E-state index contributed by atoms with van der Waals surface area (Å²) in [6.07, 6.45) is 3.13. The van der Waals surface area contributed by atoms with Crippen LogP contribution in [0.4, 0.5) is 19.3 Å². The highest BCUT2D eigenvalue weighted by molar-refractivity contribution is 5.70. The maximum Gasteiger partial charge on any atom is 0.410 e. The number of hydrogen-bond donors (Lipinski definition) is 0. The largest absolute Gasteiger partial charge is 0.444 e. The van der Waals surface area contributed by atoms with Gasteiger partial charge in [0.05, 0.1) is 46.8 Å². The molecule has 5 rings (SSSR count). The van der Waals surface area contributed by atoms with Crippen LogP contribution in [0.25, 0.3) is 22.6 Å². The number of carbonyl (C=O) groups is 1. The van der Waals surface area contributed by atoms with Crippen LogP contribution in [0.1, 0.15) is 32.0 Å². The van der Waals surface area contributed by atoms with Crippen molar-refractivity contribution < 1.29 is 28.0 Å². The van der Waals surface area contributed by atoms with Gasteiger partial charge in [-0.05, 0) is 45.4 Å². The lowest BCUT2D eigenvalue weighted by molar-refractivity contribution is -0.384. The Hall–Kier alpha value is -4.39. The van der Waals surface area contributed by atoms with Crippen LogP contribution in [0.2, 0.25) is 0 Å².